The van der Waals surface area contributed by atoms with Crippen molar-refractivity contribution in [2.75, 3.05) is 11.9 Å². The Bertz CT molecular complexity index is 835. The molecule has 0 atom stereocenters. The van der Waals surface area contributed by atoms with E-state index in [1.54, 1.807) is 12.3 Å². The minimum atomic E-state index is -0.191. The van der Waals surface area contributed by atoms with Crippen LogP contribution in [0.4, 0.5) is 5.69 Å². The zero-order valence-electron chi connectivity index (χ0n) is 13.8. The monoisotopic (exact) mass is 429 g/mol. The van der Waals surface area contributed by atoms with Crippen LogP contribution in [0.2, 0.25) is 5.15 Å². The summed E-state index contributed by atoms with van der Waals surface area (Å²) >= 11 is 9.35. The van der Waals surface area contributed by atoms with Crippen molar-refractivity contribution >= 4 is 39.1 Å². The van der Waals surface area contributed by atoms with Gasteiger partial charge in [0.2, 0.25) is 5.91 Å². The first kappa shape index (κ1) is 18.6. The molecule has 1 heterocycles. The van der Waals surface area contributed by atoms with Crippen LogP contribution in [-0.2, 0) is 4.79 Å². The van der Waals surface area contributed by atoms with E-state index < -0.39 is 0 Å². The smallest absolute Gasteiger partial charge is 0.238 e. The van der Waals surface area contributed by atoms with Crippen molar-refractivity contribution in [3.8, 4) is 0 Å². The lowest BCUT2D eigenvalue weighted by molar-refractivity contribution is -0.115. The van der Waals surface area contributed by atoms with Gasteiger partial charge >= 0.3 is 0 Å². The Morgan fingerprint density at radius 3 is 2.19 bits per heavy atom. The van der Waals surface area contributed by atoms with E-state index in [2.05, 4.69) is 31.5 Å². The molecule has 3 rings (SSSR count). The van der Waals surface area contributed by atoms with E-state index in [0.29, 0.717) is 5.69 Å². The van der Waals surface area contributed by atoms with Gasteiger partial charge in [-0.05, 0) is 33.1 Å². The zero-order valence-corrected chi connectivity index (χ0v) is 16.2. The second-order valence-corrected chi connectivity index (χ2v) is 6.95. The maximum Gasteiger partial charge on any atom is 0.238 e. The van der Waals surface area contributed by atoms with Gasteiger partial charge in [-0.25, -0.2) is 4.98 Å². The van der Waals surface area contributed by atoms with Crippen molar-refractivity contribution in [2.45, 2.75) is 6.04 Å². The molecule has 0 unspecified atom stereocenters. The van der Waals surface area contributed by atoms with Crippen molar-refractivity contribution in [3.05, 3.63) is 93.7 Å². The van der Waals surface area contributed by atoms with E-state index in [-0.39, 0.29) is 23.6 Å². The van der Waals surface area contributed by atoms with Crippen molar-refractivity contribution in [1.82, 2.24) is 10.3 Å². The zero-order chi connectivity index (χ0) is 18.4. The molecule has 132 valence electrons. The Morgan fingerprint density at radius 2 is 1.62 bits per heavy atom. The molecule has 2 aromatic carbocycles. The maximum absolute atomic E-state index is 12.4. The first-order valence-corrected chi connectivity index (χ1v) is 9.25. The fourth-order valence-electron chi connectivity index (χ4n) is 2.62. The molecule has 0 aliphatic rings. The van der Waals surface area contributed by atoms with E-state index in [1.165, 1.54) is 0 Å². The van der Waals surface area contributed by atoms with Crippen LogP contribution in [0, 0.1) is 0 Å². The molecule has 0 spiro atoms. The molecule has 3 aromatic rings. The van der Waals surface area contributed by atoms with Gasteiger partial charge in [-0.1, -0.05) is 72.3 Å². The third-order valence-electron chi connectivity index (χ3n) is 3.81. The van der Waals surface area contributed by atoms with Gasteiger partial charge in [-0.3, -0.25) is 10.1 Å². The molecular weight excluding hydrogens is 414 g/mol. The highest BCUT2D eigenvalue weighted by molar-refractivity contribution is 9.10. The first-order valence-electron chi connectivity index (χ1n) is 8.07. The van der Waals surface area contributed by atoms with Gasteiger partial charge in [0.25, 0.3) is 0 Å². The normalized spacial score (nSPS) is 10.7. The maximum atomic E-state index is 12.4. The summed E-state index contributed by atoms with van der Waals surface area (Å²) in [4.78, 5) is 16.4. The molecule has 0 aliphatic carbocycles. The summed E-state index contributed by atoms with van der Waals surface area (Å²) in [6.07, 6.45) is 1.58. The fourth-order valence-corrected chi connectivity index (χ4v) is 3.10. The second kappa shape index (κ2) is 8.94. The van der Waals surface area contributed by atoms with Crippen LogP contribution < -0.4 is 10.6 Å². The van der Waals surface area contributed by atoms with Crippen LogP contribution in [0.25, 0.3) is 0 Å². The highest BCUT2D eigenvalue weighted by Gasteiger charge is 2.15. The number of nitrogens with zero attached hydrogens (tertiary/aromatic N) is 1. The largest absolute Gasteiger partial charge is 0.322 e. The Kier molecular flexibility index (Phi) is 6.39. The van der Waals surface area contributed by atoms with Crippen molar-refractivity contribution in [2.24, 2.45) is 0 Å². The molecule has 26 heavy (non-hydrogen) atoms. The molecular formula is C20H17BrClN3O. The molecule has 0 radical (unpaired) electrons. The Hall–Kier alpha value is -2.21. The third-order valence-corrected chi connectivity index (χ3v) is 4.55. The molecule has 1 aromatic heterocycles. The Balaban J connectivity index is 1.72. The molecule has 0 saturated carbocycles. The molecule has 6 heteroatoms. The van der Waals surface area contributed by atoms with E-state index in [1.807, 2.05) is 60.7 Å². The Labute approximate surface area is 165 Å². The fraction of sp³-hybridized carbons (Fsp3) is 0.100. The quantitative estimate of drug-likeness (QED) is 0.552. The predicted molar refractivity (Wildman–Crippen MR) is 108 cm³/mol. The van der Waals surface area contributed by atoms with Crippen molar-refractivity contribution in [3.63, 3.8) is 0 Å². The number of benzene rings is 2. The summed E-state index contributed by atoms with van der Waals surface area (Å²) in [6.45, 7) is 0.136. The van der Waals surface area contributed by atoms with E-state index in [9.17, 15) is 4.79 Å². The van der Waals surface area contributed by atoms with Gasteiger partial charge in [-0.15, -0.1) is 0 Å². The summed E-state index contributed by atoms with van der Waals surface area (Å²) < 4.78 is 0.747. The molecule has 2 N–H and O–H groups in total. The number of hydrogen-bond donors (Lipinski definition) is 2. The van der Waals surface area contributed by atoms with E-state index in [4.69, 9.17) is 11.6 Å². The number of rotatable bonds is 6. The minimum absolute atomic E-state index is 0.0840. The summed E-state index contributed by atoms with van der Waals surface area (Å²) in [5.74, 6) is -0.191. The van der Waals surface area contributed by atoms with Crippen LogP contribution in [0.5, 0.6) is 0 Å². The highest BCUT2D eigenvalue weighted by atomic mass is 79.9. The number of anilines is 1. The molecule has 1 amide bonds. The minimum Gasteiger partial charge on any atom is -0.322 e. The summed E-state index contributed by atoms with van der Waals surface area (Å²) in [7, 11) is 0. The number of carbonyl (C=O) groups excluding carboxylic acids is 1. The number of pyridine rings is 1. The van der Waals surface area contributed by atoms with Gasteiger partial charge in [-0.2, -0.15) is 0 Å². The SMILES string of the molecule is O=C(CNC(c1ccccc1)c1ccccc1)Nc1cc(Br)cnc1Cl. The number of amides is 1. The number of nitrogens with one attached hydrogen (secondary N) is 2. The van der Waals surface area contributed by atoms with E-state index >= 15 is 0 Å². The van der Waals surface area contributed by atoms with Gasteiger partial charge in [0.15, 0.2) is 5.15 Å². The lowest BCUT2D eigenvalue weighted by Gasteiger charge is -2.20. The summed E-state index contributed by atoms with van der Waals surface area (Å²) in [5, 5.41) is 6.36. The third kappa shape index (κ3) is 4.91. The first-order chi connectivity index (χ1) is 12.6. The van der Waals surface area contributed by atoms with Gasteiger partial charge < -0.3 is 5.32 Å². The summed E-state index contributed by atoms with van der Waals surface area (Å²) in [5.41, 5.74) is 2.66. The number of aromatic nitrogens is 1. The lowest BCUT2D eigenvalue weighted by atomic mass is 9.99. The average Bonchev–Trinajstić information content (AvgIpc) is 2.67. The molecule has 4 nitrogen and oxygen atoms in total. The van der Waals surface area contributed by atoms with Crippen LogP contribution >= 0.6 is 27.5 Å². The van der Waals surface area contributed by atoms with Gasteiger partial charge in [0.1, 0.15) is 0 Å². The van der Waals surface area contributed by atoms with Crippen LogP contribution in [0.1, 0.15) is 17.2 Å². The van der Waals surface area contributed by atoms with Crippen LogP contribution in [-0.4, -0.2) is 17.4 Å². The second-order valence-electron chi connectivity index (χ2n) is 5.68. The summed E-state index contributed by atoms with van der Waals surface area (Å²) in [6, 6.07) is 21.7. The Morgan fingerprint density at radius 1 is 1.04 bits per heavy atom. The topological polar surface area (TPSA) is 54.0 Å². The molecule has 0 aliphatic heterocycles. The number of halogens is 2. The van der Waals surface area contributed by atoms with Gasteiger partial charge in [0.05, 0.1) is 18.3 Å². The van der Waals surface area contributed by atoms with Crippen LogP contribution in [0.3, 0.4) is 0 Å². The number of carbonyl (C=O) groups is 1. The molecule has 0 bridgehead atoms. The van der Waals surface area contributed by atoms with Crippen LogP contribution in [0.15, 0.2) is 77.4 Å². The van der Waals surface area contributed by atoms with E-state index in [0.717, 1.165) is 15.6 Å². The molecule has 0 fully saturated rings. The standard InChI is InChI=1S/C20H17BrClN3O/c21-16-11-17(20(22)24-12-16)25-18(26)13-23-19(14-7-3-1-4-8-14)15-9-5-2-6-10-15/h1-12,19,23H,13H2,(H,25,26). The van der Waals surface area contributed by atoms with Crippen molar-refractivity contribution in [1.29, 1.82) is 0 Å². The number of hydrogen-bond acceptors (Lipinski definition) is 3. The highest BCUT2D eigenvalue weighted by Crippen LogP contribution is 2.24. The average molecular weight is 431 g/mol. The predicted octanol–water partition coefficient (Wildman–Crippen LogP) is 4.82. The van der Waals surface area contributed by atoms with Crippen molar-refractivity contribution < 1.29 is 4.79 Å². The van der Waals surface area contributed by atoms with Gasteiger partial charge in [0, 0.05) is 10.7 Å². The lowest BCUT2D eigenvalue weighted by Crippen LogP contribution is -2.32. The molecule has 0 saturated heterocycles.